The van der Waals surface area contributed by atoms with E-state index in [9.17, 15) is 14.4 Å². The lowest BCUT2D eigenvalue weighted by atomic mass is 10.2. The molecular formula is C17H30N6O4. The highest BCUT2D eigenvalue weighted by atomic mass is 16.6. The normalized spacial score (nSPS) is 11.0. The second-order valence-corrected chi connectivity index (χ2v) is 7.31. The maximum absolute atomic E-state index is 12.2. The van der Waals surface area contributed by atoms with Gasteiger partial charge in [0.25, 0.3) is 5.91 Å². The fourth-order valence-corrected chi connectivity index (χ4v) is 2.05. The highest BCUT2D eigenvalue weighted by Gasteiger charge is 2.21. The van der Waals surface area contributed by atoms with Gasteiger partial charge in [-0.2, -0.15) is 0 Å². The van der Waals surface area contributed by atoms with Crippen molar-refractivity contribution in [2.45, 2.75) is 46.3 Å². The smallest absolute Gasteiger partial charge is 0.410 e. The molecule has 1 aromatic rings. The lowest BCUT2D eigenvalue weighted by molar-refractivity contribution is -0.129. The fraction of sp³-hybridized carbons (Fsp3) is 0.706. The van der Waals surface area contributed by atoms with Gasteiger partial charge in [-0.1, -0.05) is 12.1 Å². The van der Waals surface area contributed by atoms with Crippen molar-refractivity contribution in [3.8, 4) is 0 Å². The van der Waals surface area contributed by atoms with Crippen LogP contribution in [0.4, 0.5) is 4.79 Å². The zero-order valence-electron chi connectivity index (χ0n) is 17.0. The van der Waals surface area contributed by atoms with Crippen molar-refractivity contribution in [3.05, 3.63) is 11.9 Å². The first-order chi connectivity index (χ1) is 12.5. The second kappa shape index (κ2) is 9.89. The molecule has 1 heterocycles. The van der Waals surface area contributed by atoms with Gasteiger partial charge in [0.05, 0.1) is 6.20 Å². The molecule has 10 nitrogen and oxygen atoms in total. The molecule has 1 N–H and O–H groups in total. The van der Waals surface area contributed by atoms with E-state index in [1.54, 1.807) is 39.8 Å². The average Bonchev–Trinajstić information content (AvgIpc) is 3.00. The molecule has 0 spiro atoms. The van der Waals surface area contributed by atoms with Crippen molar-refractivity contribution in [1.29, 1.82) is 0 Å². The Morgan fingerprint density at radius 1 is 1.22 bits per heavy atom. The minimum absolute atomic E-state index is 0.0101. The quantitative estimate of drug-likeness (QED) is 0.710. The van der Waals surface area contributed by atoms with E-state index in [1.165, 1.54) is 15.8 Å². The molecule has 0 aliphatic carbocycles. The number of carbonyl (C=O) groups excluding carboxylic acids is 3. The molecule has 1 aromatic heterocycles. The minimum Gasteiger partial charge on any atom is -0.444 e. The summed E-state index contributed by atoms with van der Waals surface area (Å²) in [5.74, 6) is -0.571. The van der Waals surface area contributed by atoms with Gasteiger partial charge in [0.2, 0.25) is 5.91 Å². The first-order valence-electron chi connectivity index (χ1n) is 8.90. The van der Waals surface area contributed by atoms with Gasteiger partial charge >= 0.3 is 6.09 Å². The van der Waals surface area contributed by atoms with Crippen LogP contribution in [0, 0.1) is 0 Å². The summed E-state index contributed by atoms with van der Waals surface area (Å²) in [4.78, 5) is 39.0. The van der Waals surface area contributed by atoms with Crippen molar-refractivity contribution < 1.29 is 19.1 Å². The molecule has 10 heteroatoms. The molecule has 3 amide bonds. The Hall–Kier alpha value is -2.65. The Labute approximate surface area is 159 Å². The standard InChI is InChI=1S/C17H30N6O4/c1-7-9-22(16(26)27-17(2,3)4)10-8-18-15(25)13-11-23(20-19-13)12-14(24)21(5)6/h11H,7-10,12H2,1-6H3,(H,18,25). The number of amides is 3. The van der Waals surface area contributed by atoms with E-state index in [1.807, 2.05) is 6.92 Å². The van der Waals surface area contributed by atoms with Crippen LogP contribution in [0.2, 0.25) is 0 Å². The Morgan fingerprint density at radius 3 is 2.44 bits per heavy atom. The summed E-state index contributed by atoms with van der Waals surface area (Å²) in [6.07, 6.45) is 1.78. The molecule has 152 valence electrons. The maximum atomic E-state index is 12.2. The van der Waals surface area contributed by atoms with Crippen molar-refractivity contribution >= 4 is 17.9 Å². The summed E-state index contributed by atoms with van der Waals surface area (Å²) in [6, 6.07) is 0. The van der Waals surface area contributed by atoms with Crippen molar-refractivity contribution in [2.75, 3.05) is 33.7 Å². The third kappa shape index (κ3) is 8.06. The number of nitrogens with one attached hydrogen (secondary N) is 1. The molecule has 0 bridgehead atoms. The lowest BCUT2D eigenvalue weighted by Gasteiger charge is -2.27. The van der Waals surface area contributed by atoms with Crippen molar-refractivity contribution in [3.63, 3.8) is 0 Å². The van der Waals surface area contributed by atoms with Gasteiger partial charge in [-0.05, 0) is 27.2 Å². The summed E-state index contributed by atoms with van der Waals surface area (Å²) < 4.78 is 6.67. The number of rotatable bonds is 8. The third-order valence-corrected chi connectivity index (χ3v) is 3.38. The van der Waals surface area contributed by atoms with E-state index in [-0.39, 0.29) is 24.7 Å². The van der Waals surface area contributed by atoms with E-state index in [2.05, 4.69) is 15.6 Å². The van der Waals surface area contributed by atoms with Gasteiger partial charge in [-0.3, -0.25) is 9.59 Å². The van der Waals surface area contributed by atoms with Gasteiger partial charge in [-0.25, -0.2) is 9.48 Å². The van der Waals surface area contributed by atoms with Crippen molar-refractivity contribution in [2.24, 2.45) is 0 Å². The maximum Gasteiger partial charge on any atom is 0.410 e. The first-order valence-corrected chi connectivity index (χ1v) is 8.90. The van der Waals surface area contributed by atoms with E-state index in [0.29, 0.717) is 13.1 Å². The molecular weight excluding hydrogens is 352 g/mol. The number of hydrogen-bond donors (Lipinski definition) is 1. The summed E-state index contributed by atoms with van der Waals surface area (Å²) >= 11 is 0. The summed E-state index contributed by atoms with van der Waals surface area (Å²) in [7, 11) is 3.28. The Kier molecular flexibility index (Phi) is 8.20. The van der Waals surface area contributed by atoms with Gasteiger partial charge in [0.15, 0.2) is 5.69 Å². The van der Waals surface area contributed by atoms with Crippen LogP contribution >= 0.6 is 0 Å². The number of hydrogen-bond acceptors (Lipinski definition) is 6. The van der Waals surface area contributed by atoms with Gasteiger partial charge in [0.1, 0.15) is 12.1 Å². The number of nitrogens with zero attached hydrogens (tertiary/aromatic N) is 5. The molecule has 0 aliphatic rings. The van der Waals surface area contributed by atoms with E-state index < -0.39 is 17.6 Å². The number of carbonyl (C=O) groups is 3. The molecule has 0 aromatic carbocycles. The number of aromatic nitrogens is 3. The van der Waals surface area contributed by atoms with E-state index in [0.717, 1.165) is 6.42 Å². The fourth-order valence-electron chi connectivity index (χ4n) is 2.05. The largest absolute Gasteiger partial charge is 0.444 e. The minimum atomic E-state index is -0.575. The summed E-state index contributed by atoms with van der Waals surface area (Å²) in [5.41, 5.74) is -0.463. The van der Waals surface area contributed by atoms with E-state index >= 15 is 0 Å². The molecule has 0 atom stereocenters. The van der Waals surface area contributed by atoms with Crippen LogP contribution in [0.25, 0.3) is 0 Å². The summed E-state index contributed by atoms with van der Waals surface area (Å²) in [6.45, 7) is 8.50. The van der Waals surface area contributed by atoms with Crippen LogP contribution in [0.1, 0.15) is 44.6 Å². The SMILES string of the molecule is CCCN(CCNC(=O)c1cn(CC(=O)N(C)C)nn1)C(=O)OC(C)(C)C. The molecule has 0 unspecified atom stereocenters. The lowest BCUT2D eigenvalue weighted by Crippen LogP contribution is -2.41. The van der Waals surface area contributed by atoms with Gasteiger partial charge in [0, 0.05) is 33.7 Å². The van der Waals surface area contributed by atoms with Gasteiger partial charge in [-0.15, -0.1) is 5.10 Å². The zero-order chi connectivity index (χ0) is 20.6. The molecule has 0 fully saturated rings. The Morgan fingerprint density at radius 2 is 1.89 bits per heavy atom. The second-order valence-electron chi connectivity index (χ2n) is 7.31. The Balaban J connectivity index is 2.54. The molecule has 1 rings (SSSR count). The van der Waals surface area contributed by atoms with Gasteiger partial charge < -0.3 is 19.9 Å². The molecule has 0 saturated heterocycles. The number of likely N-dealkylation sites (N-methyl/N-ethyl adjacent to an activating group) is 1. The summed E-state index contributed by atoms with van der Waals surface area (Å²) in [5, 5.41) is 10.2. The predicted molar refractivity (Wildman–Crippen MR) is 99.1 cm³/mol. The average molecular weight is 382 g/mol. The third-order valence-electron chi connectivity index (χ3n) is 3.38. The topological polar surface area (TPSA) is 110 Å². The monoisotopic (exact) mass is 382 g/mol. The van der Waals surface area contributed by atoms with Crippen molar-refractivity contribution in [1.82, 2.24) is 30.1 Å². The Bertz CT molecular complexity index is 650. The van der Waals surface area contributed by atoms with Crippen LogP contribution in [0.15, 0.2) is 6.20 Å². The highest BCUT2D eigenvalue weighted by molar-refractivity contribution is 5.91. The van der Waals surface area contributed by atoms with Crippen LogP contribution < -0.4 is 5.32 Å². The zero-order valence-corrected chi connectivity index (χ0v) is 17.0. The van der Waals surface area contributed by atoms with Crippen LogP contribution in [-0.2, 0) is 16.1 Å². The van der Waals surface area contributed by atoms with Crippen LogP contribution in [0.3, 0.4) is 0 Å². The predicted octanol–water partition coefficient (Wildman–Crippen LogP) is 0.743. The molecule has 0 saturated carbocycles. The molecule has 27 heavy (non-hydrogen) atoms. The first kappa shape index (κ1) is 22.4. The van der Waals surface area contributed by atoms with Crippen LogP contribution in [-0.4, -0.2) is 82.0 Å². The molecule has 0 radical (unpaired) electrons. The molecule has 0 aliphatic heterocycles. The highest BCUT2D eigenvalue weighted by Crippen LogP contribution is 2.10. The van der Waals surface area contributed by atoms with E-state index in [4.69, 9.17) is 4.74 Å². The number of ether oxygens (including phenoxy) is 1. The van der Waals surface area contributed by atoms with Crippen LogP contribution in [0.5, 0.6) is 0 Å².